The third kappa shape index (κ3) is 4.48. The van der Waals surface area contributed by atoms with Gasteiger partial charge in [0.1, 0.15) is 0 Å². The summed E-state index contributed by atoms with van der Waals surface area (Å²) in [4.78, 5) is 13.2. The average Bonchev–Trinajstić information content (AvgIpc) is 2.29. The van der Waals surface area contributed by atoms with Gasteiger partial charge in [-0.2, -0.15) is 0 Å². The van der Waals surface area contributed by atoms with Crippen LogP contribution < -0.4 is 10.7 Å². The van der Waals surface area contributed by atoms with Gasteiger partial charge < -0.3 is 10.2 Å². The molecule has 3 nitrogen and oxygen atoms in total. The Morgan fingerprint density at radius 2 is 2.13 bits per heavy atom. The highest BCUT2D eigenvalue weighted by molar-refractivity contribution is 7.71. The third-order valence-corrected chi connectivity index (χ3v) is 2.40. The van der Waals surface area contributed by atoms with Crippen LogP contribution in [-0.2, 0) is 0 Å². The van der Waals surface area contributed by atoms with Crippen molar-refractivity contribution in [2.45, 2.75) is 6.92 Å². The Bertz CT molecular complexity index is 347. The van der Waals surface area contributed by atoms with Crippen LogP contribution in [0.2, 0.25) is 0 Å². The number of hydrogen-bond donors (Lipinski definition) is 1. The lowest BCUT2D eigenvalue weighted by Crippen LogP contribution is -2.27. The van der Waals surface area contributed by atoms with E-state index in [1.54, 1.807) is 6.07 Å². The molecular weight excluding hydrogens is 215 g/mol. The summed E-state index contributed by atoms with van der Waals surface area (Å²) in [5.41, 5.74) is 0.642. The quantitative estimate of drug-likeness (QED) is 0.782. The Morgan fingerprint density at radius 1 is 1.53 bits per heavy atom. The normalized spacial score (nSPS) is 9.93. The van der Waals surface area contributed by atoms with Crippen molar-refractivity contribution in [3.05, 3.63) is 20.8 Å². The fraction of sp³-hybridized carbons (Fsp3) is 0.600. The van der Waals surface area contributed by atoms with Gasteiger partial charge in [0.2, 0.25) is 5.43 Å². The Hall–Kier alpha value is -0.810. The second kappa shape index (κ2) is 7.48. The van der Waals surface area contributed by atoms with Gasteiger partial charge >= 0.3 is 0 Å². The molecule has 0 bridgehead atoms. The van der Waals surface area contributed by atoms with Crippen LogP contribution in [0, 0.1) is 4.51 Å². The molecule has 1 rings (SSSR count). The molecule has 0 saturated heterocycles. The van der Waals surface area contributed by atoms with E-state index in [2.05, 4.69) is 17.1 Å². The van der Waals surface area contributed by atoms with Crippen LogP contribution in [0.1, 0.15) is 6.92 Å². The average molecular weight is 232 g/mol. The van der Waals surface area contributed by atoms with Crippen LogP contribution in [0.5, 0.6) is 0 Å². The number of likely N-dealkylation sites (N-methyl/N-ethyl adjacent to an activating group) is 1. The molecule has 0 aliphatic heterocycles. The van der Waals surface area contributed by atoms with E-state index < -0.39 is 0 Å². The molecule has 0 saturated carbocycles. The van der Waals surface area contributed by atoms with E-state index in [4.69, 9.17) is 12.2 Å². The fourth-order valence-corrected chi connectivity index (χ4v) is 1.22. The van der Waals surface area contributed by atoms with Crippen LogP contribution >= 0.6 is 12.2 Å². The van der Waals surface area contributed by atoms with E-state index in [0.29, 0.717) is 17.4 Å². The Balaban J connectivity index is 0.000000921. The summed E-state index contributed by atoms with van der Waals surface area (Å²) in [6, 6.07) is 1.71. The number of rotatable bonds is 5. The first kappa shape index (κ1) is 14.2. The highest BCUT2D eigenvalue weighted by Gasteiger charge is 2.04. The first-order valence-corrected chi connectivity index (χ1v) is 5.16. The molecule has 0 aliphatic carbocycles. The SMILES string of the molecule is CCN(C)CCNc1cc(=S)c1=O.CF. The van der Waals surface area contributed by atoms with Crippen molar-refractivity contribution >= 4 is 17.9 Å². The van der Waals surface area contributed by atoms with Gasteiger partial charge in [0.25, 0.3) is 0 Å². The maximum atomic E-state index is 11.0. The summed E-state index contributed by atoms with van der Waals surface area (Å²) in [6.07, 6.45) is 0. The molecule has 5 heteroatoms. The highest BCUT2D eigenvalue weighted by atomic mass is 32.1. The van der Waals surface area contributed by atoms with E-state index in [0.717, 1.165) is 19.6 Å². The molecule has 0 aromatic heterocycles. The van der Waals surface area contributed by atoms with E-state index in [-0.39, 0.29) is 5.43 Å². The van der Waals surface area contributed by atoms with Crippen LogP contribution in [0.4, 0.5) is 10.1 Å². The predicted octanol–water partition coefficient (Wildman–Crippen LogP) is 1.60. The van der Waals surface area contributed by atoms with Crippen molar-refractivity contribution in [3.8, 4) is 0 Å². The zero-order valence-corrected chi connectivity index (χ0v) is 10.2. The number of nitrogens with one attached hydrogen (secondary N) is 1. The number of nitrogens with zero attached hydrogens (tertiary/aromatic N) is 1. The van der Waals surface area contributed by atoms with Crippen molar-refractivity contribution in [2.75, 3.05) is 39.2 Å². The first-order valence-electron chi connectivity index (χ1n) is 4.75. The van der Waals surface area contributed by atoms with Gasteiger partial charge in [0.05, 0.1) is 17.4 Å². The maximum Gasteiger partial charge on any atom is 0.219 e. The summed E-state index contributed by atoms with van der Waals surface area (Å²) in [5, 5.41) is 3.05. The zero-order chi connectivity index (χ0) is 11.8. The summed E-state index contributed by atoms with van der Waals surface area (Å²) >= 11 is 4.73. The van der Waals surface area contributed by atoms with E-state index >= 15 is 0 Å². The molecule has 86 valence electrons. The minimum Gasteiger partial charge on any atom is -0.381 e. The molecule has 0 spiro atoms. The largest absolute Gasteiger partial charge is 0.381 e. The summed E-state index contributed by atoms with van der Waals surface area (Å²) < 4.78 is 9.94. The monoisotopic (exact) mass is 232 g/mol. The molecule has 0 fully saturated rings. The van der Waals surface area contributed by atoms with Crippen LogP contribution in [0.15, 0.2) is 10.9 Å². The van der Waals surface area contributed by atoms with Crippen molar-refractivity contribution in [1.82, 2.24) is 4.90 Å². The van der Waals surface area contributed by atoms with Crippen LogP contribution in [0.25, 0.3) is 0 Å². The molecule has 0 amide bonds. The molecule has 0 aliphatic rings. The first-order chi connectivity index (χ1) is 7.15. The van der Waals surface area contributed by atoms with Gasteiger partial charge in [-0.25, -0.2) is 0 Å². The second-order valence-corrected chi connectivity index (χ2v) is 3.51. The topological polar surface area (TPSA) is 32.3 Å². The van der Waals surface area contributed by atoms with Crippen LogP contribution in [0.3, 0.4) is 0 Å². The molecule has 1 N–H and O–H groups in total. The van der Waals surface area contributed by atoms with Gasteiger partial charge in [-0.05, 0) is 19.7 Å². The van der Waals surface area contributed by atoms with Gasteiger partial charge in [0, 0.05) is 13.1 Å². The Kier molecular flexibility index (Phi) is 7.07. The standard InChI is InChI=1S/C9H14N2OS.CH3F/c1-3-11(2)5-4-10-7-6-8(13)9(7)12;1-2/h6,10H,3-5H2,1-2H3;1H3. The molecule has 0 unspecified atom stereocenters. The summed E-state index contributed by atoms with van der Waals surface area (Å²) in [6.45, 7) is 4.86. The highest BCUT2D eigenvalue weighted by Crippen LogP contribution is 2.02. The molecule has 0 atom stereocenters. The lowest BCUT2D eigenvalue weighted by molar-refractivity contribution is 0.367. The van der Waals surface area contributed by atoms with Crippen LogP contribution in [-0.4, -0.2) is 38.8 Å². The van der Waals surface area contributed by atoms with Crippen molar-refractivity contribution < 1.29 is 4.39 Å². The number of hydrogen-bond acceptors (Lipinski definition) is 4. The van der Waals surface area contributed by atoms with E-state index in [1.807, 2.05) is 7.05 Å². The maximum absolute atomic E-state index is 11.0. The fourth-order valence-electron chi connectivity index (χ4n) is 0.988. The molecular formula is C10H17FN2OS. The Morgan fingerprint density at radius 3 is 2.53 bits per heavy atom. The van der Waals surface area contributed by atoms with Crippen molar-refractivity contribution in [3.63, 3.8) is 0 Å². The molecule has 1 aromatic rings. The van der Waals surface area contributed by atoms with Gasteiger partial charge in [-0.15, -0.1) is 0 Å². The smallest absolute Gasteiger partial charge is 0.219 e. The summed E-state index contributed by atoms with van der Waals surface area (Å²) in [7, 11) is 2.54. The van der Waals surface area contributed by atoms with Gasteiger partial charge in [-0.3, -0.25) is 9.18 Å². The lowest BCUT2D eigenvalue weighted by Gasteiger charge is -2.14. The number of alkyl halides is 1. The molecule has 15 heavy (non-hydrogen) atoms. The Labute approximate surface area is 94.6 Å². The second-order valence-electron chi connectivity index (χ2n) is 3.07. The van der Waals surface area contributed by atoms with Gasteiger partial charge in [0.15, 0.2) is 0 Å². The molecule has 1 aromatic carbocycles. The minimum atomic E-state index is -0.0193. The predicted molar refractivity (Wildman–Crippen MR) is 64.6 cm³/mol. The van der Waals surface area contributed by atoms with E-state index in [1.165, 1.54) is 0 Å². The molecule has 0 radical (unpaired) electrons. The number of anilines is 1. The number of halogens is 1. The minimum absolute atomic E-state index is 0.0193. The van der Waals surface area contributed by atoms with Gasteiger partial charge in [-0.1, -0.05) is 19.1 Å². The summed E-state index contributed by atoms with van der Waals surface area (Å²) in [5.74, 6) is 0. The third-order valence-electron chi connectivity index (χ3n) is 2.09. The lowest BCUT2D eigenvalue weighted by atomic mass is 10.2. The molecule has 0 heterocycles. The van der Waals surface area contributed by atoms with Crippen molar-refractivity contribution in [1.29, 1.82) is 0 Å². The zero-order valence-electron chi connectivity index (χ0n) is 9.34. The van der Waals surface area contributed by atoms with E-state index in [9.17, 15) is 9.18 Å². The van der Waals surface area contributed by atoms with Crippen molar-refractivity contribution in [2.24, 2.45) is 0 Å².